The van der Waals surface area contributed by atoms with E-state index in [0.29, 0.717) is 6.42 Å². The van der Waals surface area contributed by atoms with Gasteiger partial charge < -0.3 is 5.11 Å². The molecule has 2 nitrogen and oxygen atoms in total. The Kier molecular flexibility index (Phi) is 5.73. The molecule has 98 valence electrons. The third kappa shape index (κ3) is 4.45. The van der Waals surface area contributed by atoms with Gasteiger partial charge in [-0.2, -0.15) is 0 Å². The Labute approximate surface area is 114 Å². The van der Waals surface area contributed by atoms with Crippen LogP contribution < -0.4 is 0 Å². The molecule has 18 heavy (non-hydrogen) atoms. The van der Waals surface area contributed by atoms with E-state index >= 15 is 0 Å². The molecular weight excluding hydrogens is 242 g/mol. The quantitative estimate of drug-likeness (QED) is 0.848. The van der Waals surface area contributed by atoms with E-state index in [9.17, 15) is 0 Å². The number of rotatable bonds is 3. The summed E-state index contributed by atoms with van der Waals surface area (Å²) < 4.78 is 0. The van der Waals surface area contributed by atoms with Crippen molar-refractivity contribution in [3.8, 4) is 11.8 Å². The van der Waals surface area contributed by atoms with Crippen molar-refractivity contribution >= 4 is 11.3 Å². The van der Waals surface area contributed by atoms with E-state index in [1.54, 1.807) is 11.3 Å². The van der Waals surface area contributed by atoms with E-state index in [1.807, 2.05) is 0 Å². The van der Waals surface area contributed by atoms with E-state index in [0.717, 1.165) is 11.4 Å². The fourth-order valence-electron chi connectivity index (χ4n) is 2.25. The number of nitrogens with zero attached hydrogens (tertiary/aromatic N) is 1. The average molecular weight is 263 g/mol. The Morgan fingerprint density at radius 2 is 1.94 bits per heavy atom. The average Bonchev–Trinajstić information content (AvgIpc) is 2.65. The van der Waals surface area contributed by atoms with Gasteiger partial charge >= 0.3 is 0 Å². The molecule has 0 saturated carbocycles. The Morgan fingerprint density at radius 3 is 2.67 bits per heavy atom. The van der Waals surface area contributed by atoms with Crippen LogP contribution in [0.15, 0.2) is 12.1 Å². The molecular formula is C15H21NOS. The van der Waals surface area contributed by atoms with Crippen LogP contribution >= 0.6 is 11.3 Å². The highest BCUT2D eigenvalue weighted by atomic mass is 32.1. The number of aliphatic hydroxyl groups is 1. The van der Waals surface area contributed by atoms with Crippen molar-refractivity contribution < 1.29 is 5.11 Å². The minimum Gasteiger partial charge on any atom is -0.395 e. The minimum absolute atomic E-state index is 0.152. The van der Waals surface area contributed by atoms with Gasteiger partial charge in [0.25, 0.3) is 0 Å². The van der Waals surface area contributed by atoms with Crippen molar-refractivity contribution in [1.82, 2.24) is 4.90 Å². The summed E-state index contributed by atoms with van der Waals surface area (Å²) in [6, 6.07) is 4.29. The summed E-state index contributed by atoms with van der Waals surface area (Å²) >= 11 is 1.79. The molecule has 2 heterocycles. The maximum Gasteiger partial charge on any atom is 0.0771 e. The lowest BCUT2D eigenvalue weighted by molar-refractivity contribution is 0.279. The highest BCUT2D eigenvalue weighted by Crippen LogP contribution is 2.19. The summed E-state index contributed by atoms with van der Waals surface area (Å²) in [5.41, 5.74) is 0. The van der Waals surface area contributed by atoms with E-state index in [2.05, 4.69) is 28.9 Å². The molecule has 0 bridgehead atoms. The monoisotopic (exact) mass is 263 g/mol. The largest absolute Gasteiger partial charge is 0.395 e. The number of hydrogen-bond acceptors (Lipinski definition) is 3. The fourth-order valence-corrected chi connectivity index (χ4v) is 3.18. The molecule has 0 aromatic carbocycles. The normalized spacial score (nSPS) is 16.9. The van der Waals surface area contributed by atoms with Gasteiger partial charge in [-0.05, 0) is 38.1 Å². The third-order valence-electron chi connectivity index (χ3n) is 3.19. The van der Waals surface area contributed by atoms with Crippen LogP contribution in [0.5, 0.6) is 0 Å². The smallest absolute Gasteiger partial charge is 0.0771 e. The lowest BCUT2D eigenvalue weighted by atomic mass is 10.2. The van der Waals surface area contributed by atoms with Crippen molar-refractivity contribution in [3.05, 3.63) is 21.9 Å². The molecule has 2 rings (SSSR count). The van der Waals surface area contributed by atoms with Crippen LogP contribution in [0.3, 0.4) is 0 Å². The molecule has 0 amide bonds. The van der Waals surface area contributed by atoms with Gasteiger partial charge in [0.2, 0.25) is 0 Å². The number of likely N-dealkylation sites (tertiary alicyclic amines) is 1. The molecule has 1 aromatic rings. The molecule has 0 spiro atoms. The van der Waals surface area contributed by atoms with Crippen molar-refractivity contribution in [1.29, 1.82) is 0 Å². The summed E-state index contributed by atoms with van der Waals surface area (Å²) in [7, 11) is 0. The standard InChI is InChI=1S/C15H21NOS/c17-12-6-3-7-14-8-9-15(18-14)13-16-10-4-1-2-5-11-16/h8-9,17H,1-2,4-6,10-13H2. The van der Waals surface area contributed by atoms with Gasteiger partial charge in [0.05, 0.1) is 11.5 Å². The third-order valence-corrected chi connectivity index (χ3v) is 4.17. The highest BCUT2D eigenvalue weighted by Gasteiger charge is 2.10. The van der Waals surface area contributed by atoms with Crippen molar-refractivity contribution in [3.63, 3.8) is 0 Å². The first-order valence-electron chi connectivity index (χ1n) is 6.79. The van der Waals surface area contributed by atoms with Crippen LogP contribution in [-0.4, -0.2) is 29.7 Å². The van der Waals surface area contributed by atoms with Crippen molar-refractivity contribution in [2.24, 2.45) is 0 Å². The Balaban J connectivity index is 1.87. The van der Waals surface area contributed by atoms with Gasteiger partial charge in [0.1, 0.15) is 0 Å². The molecule has 1 fully saturated rings. The van der Waals surface area contributed by atoms with Crippen LogP contribution in [0, 0.1) is 11.8 Å². The molecule has 0 unspecified atom stereocenters. The minimum atomic E-state index is 0.152. The second-order valence-corrected chi connectivity index (χ2v) is 5.90. The predicted octanol–water partition coefficient (Wildman–Crippen LogP) is 2.86. The molecule has 1 saturated heterocycles. The summed E-state index contributed by atoms with van der Waals surface area (Å²) in [6.45, 7) is 3.71. The maximum absolute atomic E-state index is 8.69. The predicted molar refractivity (Wildman–Crippen MR) is 76.6 cm³/mol. The zero-order valence-electron chi connectivity index (χ0n) is 10.8. The molecule has 1 aliphatic rings. The van der Waals surface area contributed by atoms with E-state index in [-0.39, 0.29) is 6.61 Å². The second kappa shape index (κ2) is 7.58. The Bertz CT molecular complexity index is 408. The molecule has 1 N–H and O–H groups in total. The lowest BCUT2D eigenvalue weighted by Gasteiger charge is -2.18. The summed E-state index contributed by atoms with van der Waals surface area (Å²) in [4.78, 5) is 5.09. The van der Waals surface area contributed by atoms with Crippen molar-refractivity contribution in [2.45, 2.75) is 38.6 Å². The van der Waals surface area contributed by atoms with Crippen LogP contribution in [0.4, 0.5) is 0 Å². The molecule has 3 heteroatoms. The lowest BCUT2D eigenvalue weighted by Crippen LogP contribution is -2.23. The molecule has 0 atom stereocenters. The Hall–Kier alpha value is -0.820. The summed E-state index contributed by atoms with van der Waals surface area (Å²) in [5.74, 6) is 6.08. The first-order valence-corrected chi connectivity index (χ1v) is 7.61. The summed E-state index contributed by atoms with van der Waals surface area (Å²) in [5, 5.41) is 8.69. The van der Waals surface area contributed by atoms with Gasteiger partial charge in [-0.3, -0.25) is 4.90 Å². The molecule has 1 aliphatic heterocycles. The van der Waals surface area contributed by atoms with Crippen LogP contribution in [0.25, 0.3) is 0 Å². The zero-order valence-corrected chi connectivity index (χ0v) is 11.6. The van der Waals surface area contributed by atoms with E-state index < -0.39 is 0 Å². The molecule has 0 aliphatic carbocycles. The molecule has 0 radical (unpaired) electrons. The van der Waals surface area contributed by atoms with Gasteiger partial charge in [0.15, 0.2) is 0 Å². The van der Waals surface area contributed by atoms with Crippen LogP contribution in [-0.2, 0) is 6.54 Å². The SMILES string of the molecule is OCCC#Cc1ccc(CN2CCCCCC2)s1. The van der Waals surface area contributed by atoms with Gasteiger partial charge in [-0.15, -0.1) is 11.3 Å². The number of thiophene rings is 1. The Morgan fingerprint density at radius 1 is 1.17 bits per heavy atom. The first-order chi connectivity index (χ1) is 8.88. The van der Waals surface area contributed by atoms with Gasteiger partial charge in [-0.25, -0.2) is 0 Å². The van der Waals surface area contributed by atoms with Gasteiger partial charge in [0, 0.05) is 17.8 Å². The highest BCUT2D eigenvalue weighted by molar-refractivity contribution is 7.12. The van der Waals surface area contributed by atoms with Crippen LogP contribution in [0.1, 0.15) is 41.9 Å². The maximum atomic E-state index is 8.69. The first kappa shape index (κ1) is 13.6. The topological polar surface area (TPSA) is 23.5 Å². The number of aliphatic hydroxyl groups excluding tert-OH is 1. The van der Waals surface area contributed by atoms with E-state index in [4.69, 9.17) is 5.11 Å². The zero-order chi connectivity index (χ0) is 12.6. The van der Waals surface area contributed by atoms with Gasteiger partial charge in [-0.1, -0.05) is 24.7 Å². The fraction of sp³-hybridized carbons (Fsp3) is 0.600. The molecule has 1 aromatic heterocycles. The second-order valence-electron chi connectivity index (χ2n) is 4.73. The number of hydrogen-bond donors (Lipinski definition) is 1. The van der Waals surface area contributed by atoms with E-state index in [1.165, 1.54) is 43.6 Å². The summed E-state index contributed by atoms with van der Waals surface area (Å²) in [6.07, 6.45) is 6.03. The van der Waals surface area contributed by atoms with Crippen molar-refractivity contribution in [2.75, 3.05) is 19.7 Å². The van der Waals surface area contributed by atoms with Crippen LogP contribution in [0.2, 0.25) is 0 Å².